The molecule has 1 aromatic carbocycles. The standard InChI is InChI=1S/C8H7NO5S/c10-7-5-3-1-2-4-6(5)8(11)9(7)14-15(12)13/h1-4,7,10H,(H,12,13). The topological polar surface area (TPSA) is 87.1 Å². The predicted octanol–water partition coefficient (Wildman–Crippen LogP) is 0.202. The van der Waals surface area contributed by atoms with Crippen molar-refractivity contribution in [2.75, 3.05) is 0 Å². The molecule has 2 rings (SSSR count). The molecule has 2 unspecified atom stereocenters. The van der Waals surface area contributed by atoms with E-state index in [4.69, 9.17) is 4.55 Å². The smallest absolute Gasteiger partial charge is 0.325 e. The van der Waals surface area contributed by atoms with Crippen molar-refractivity contribution < 1.29 is 22.9 Å². The SMILES string of the molecule is O=C1c2ccccc2C(O)N1OS(=O)O. The zero-order chi connectivity index (χ0) is 11.0. The summed E-state index contributed by atoms with van der Waals surface area (Å²) >= 11 is -2.64. The fourth-order valence-corrected chi connectivity index (χ4v) is 1.70. The normalized spacial score (nSPS) is 21.6. The number of carbonyl (C=O) groups is 1. The van der Waals surface area contributed by atoms with Crippen molar-refractivity contribution in [3.63, 3.8) is 0 Å². The quantitative estimate of drug-likeness (QED) is 0.707. The van der Waals surface area contributed by atoms with Crippen LogP contribution in [0.5, 0.6) is 0 Å². The van der Waals surface area contributed by atoms with Gasteiger partial charge in [-0.2, -0.15) is 9.27 Å². The molecule has 7 heteroatoms. The molecular formula is C8H7NO5S. The Morgan fingerprint density at radius 3 is 2.67 bits per heavy atom. The Labute approximate surface area is 87.5 Å². The molecule has 0 saturated heterocycles. The van der Waals surface area contributed by atoms with E-state index in [1.807, 2.05) is 0 Å². The van der Waals surface area contributed by atoms with Crippen LogP contribution in [0.25, 0.3) is 0 Å². The maximum atomic E-state index is 11.5. The van der Waals surface area contributed by atoms with Crippen LogP contribution in [0.2, 0.25) is 0 Å². The molecule has 0 saturated carbocycles. The summed E-state index contributed by atoms with van der Waals surface area (Å²) in [5.74, 6) is -0.638. The number of fused-ring (bicyclic) bond motifs is 1. The molecular weight excluding hydrogens is 222 g/mol. The number of carbonyl (C=O) groups excluding carboxylic acids is 1. The molecule has 80 valence electrons. The van der Waals surface area contributed by atoms with Gasteiger partial charge < -0.3 is 5.11 Å². The Bertz CT molecular complexity index is 435. The predicted molar refractivity (Wildman–Crippen MR) is 49.4 cm³/mol. The summed E-state index contributed by atoms with van der Waals surface area (Å²) in [6.07, 6.45) is -1.34. The molecule has 0 aliphatic carbocycles. The van der Waals surface area contributed by atoms with E-state index in [1.165, 1.54) is 6.07 Å². The molecule has 0 radical (unpaired) electrons. The number of aliphatic hydroxyl groups is 1. The second-order valence-electron chi connectivity index (χ2n) is 2.88. The number of amides is 1. The van der Waals surface area contributed by atoms with Gasteiger partial charge in [-0.05, 0) is 6.07 Å². The summed E-state index contributed by atoms with van der Waals surface area (Å²) in [6, 6.07) is 6.32. The van der Waals surface area contributed by atoms with Gasteiger partial charge in [-0.15, -0.1) is 4.28 Å². The molecule has 0 bridgehead atoms. The van der Waals surface area contributed by atoms with E-state index in [-0.39, 0.29) is 5.56 Å². The van der Waals surface area contributed by atoms with Gasteiger partial charge in [-0.1, -0.05) is 18.2 Å². The van der Waals surface area contributed by atoms with Crippen molar-refractivity contribution in [2.45, 2.75) is 6.23 Å². The van der Waals surface area contributed by atoms with Gasteiger partial charge in [0.05, 0.1) is 0 Å². The molecule has 2 N–H and O–H groups in total. The molecule has 0 spiro atoms. The summed E-state index contributed by atoms with van der Waals surface area (Å²) in [4.78, 5) is 11.5. The van der Waals surface area contributed by atoms with E-state index in [2.05, 4.69) is 4.28 Å². The van der Waals surface area contributed by atoms with Gasteiger partial charge in [0.25, 0.3) is 5.91 Å². The molecule has 0 fully saturated rings. The fraction of sp³-hybridized carbons (Fsp3) is 0.125. The van der Waals surface area contributed by atoms with Gasteiger partial charge >= 0.3 is 11.4 Å². The molecule has 1 heterocycles. The number of benzene rings is 1. The third kappa shape index (κ3) is 1.65. The lowest BCUT2D eigenvalue weighted by molar-refractivity contribution is -0.126. The third-order valence-electron chi connectivity index (χ3n) is 2.04. The number of hydroxylamine groups is 2. The maximum Gasteiger partial charge on any atom is 0.325 e. The van der Waals surface area contributed by atoms with Crippen molar-refractivity contribution in [2.24, 2.45) is 0 Å². The van der Waals surface area contributed by atoms with Crippen LogP contribution in [0.3, 0.4) is 0 Å². The van der Waals surface area contributed by atoms with Crippen molar-refractivity contribution >= 4 is 17.3 Å². The van der Waals surface area contributed by atoms with Gasteiger partial charge in [0.2, 0.25) is 0 Å². The summed E-state index contributed by atoms with van der Waals surface area (Å²) in [7, 11) is 0. The summed E-state index contributed by atoms with van der Waals surface area (Å²) in [5.41, 5.74) is 0.614. The molecule has 6 nitrogen and oxygen atoms in total. The number of aliphatic hydroxyl groups excluding tert-OH is 1. The minimum Gasteiger partial charge on any atom is -0.367 e. The van der Waals surface area contributed by atoms with E-state index < -0.39 is 23.5 Å². The number of nitrogens with zero attached hydrogens (tertiary/aromatic N) is 1. The molecule has 1 aliphatic rings. The third-order valence-corrected chi connectivity index (χ3v) is 2.32. The highest BCUT2D eigenvalue weighted by Crippen LogP contribution is 2.31. The van der Waals surface area contributed by atoms with Crippen LogP contribution in [0.15, 0.2) is 24.3 Å². The van der Waals surface area contributed by atoms with Gasteiger partial charge in [-0.3, -0.25) is 9.35 Å². The first-order chi connectivity index (χ1) is 7.11. The van der Waals surface area contributed by atoms with Gasteiger partial charge in [0.15, 0.2) is 6.23 Å². The lowest BCUT2D eigenvalue weighted by atomic mass is 10.1. The van der Waals surface area contributed by atoms with Crippen molar-refractivity contribution in [3.8, 4) is 0 Å². The van der Waals surface area contributed by atoms with Crippen LogP contribution in [0.1, 0.15) is 22.1 Å². The van der Waals surface area contributed by atoms with Gasteiger partial charge in [-0.25, -0.2) is 0 Å². The van der Waals surface area contributed by atoms with Gasteiger partial charge in [0, 0.05) is 11.1 Å². The number of rotatable bonds is 2. The van der Waals surface area contributed by atoms with Crippen molar-refractivity contribution in [1.82, 2.24) is 5.06 Å². The zero-order valence-corrected chi connectivity index (χ0v) is 8.18. The van der Waals surface area contributed by atoms with Crippen LogP contribution < -0.4 is 0 Å². The lowest BCUT2D eigenvalue weighted by Crippen LogP contribution is -2.28. The molecule has 0 aromatic heterocycles. The maximum absolute atomic E-state index is 11.5. The largest absolute Gasteiger partial charge is 0.367 e. The van der Waals surface area contributed by atoms with E-state index in [0.717, 1.165) is 0 Å². The number of hydrogen-bond donors (Lipinski definition) is 2. The molecule has 2 atom stereocenters. The second kappa shape index (κ2) is 3.70. The van der Waals surface area contributed by atoms with Crippen molar-refractivity contribution in [3.05, 3.63) is 35.4 Å². The van der Waals surface area contributed by atoms with E-state index in [0.29, 0.717) is 10.6 Å². The summed E-state index contributed by atoms with van der Waals surface area (Å²) in [5, 5.41) is 10.1. The van der Waals surface area contributed by atoms with Crippen LogP contribution in [0.4, 0.5) is 0 Å². The minimum atomic E-state index is -2.64. The highest BCUT2D eigenvalue weighted by atomic mass is 32.2. The minimum absolute atomic E-state index is 0.260. The highest BCUT2D eigenvalue weighted by molar-refractivity contribution is 7.74. The van der Waals surface area contributed by atoms with E-state index in [9.17, 15) is 14.1 Å². The Morgan fingerprint density at radius 1 is 1.40 bits per heavy atom. The average molecular weight is 229 g/mol. The fourth-order valence-electron chi connectivity index (χ4n) is 1.42. The van der Waals surface area contributed by atoms with E-state index >= 15 is 0 Å². The van der Waals surface area contributed by atoms with E-state index in [1.54, 1.807) is 18.2 Å². The highest BCUT2D eigenvalue weighted by Gasteiger charge is 2.37. The molecule has 1 aliphatic heterocycles. The molecule has 15 heavy (non-hydrogen) atoms. The average Bonchev–Trinajstić information content (AvgIpc) is 2.44. The first-order valence-corrected chi connectivity index (χ1v) is 5.04. The van der Waals surface area contributed by atoms with Crippen LogP contribution >= 0.6 is 0 Å². The molecule has 1 aromatic rings. The summed E-state index contributed by atoms with van der Waals surface area (Å²) < 4.78 is 23.1. The summed E-state index contributed by atoms with van der Waals surface area (Å²) in [6.45, 7) is 0. The Hall–Kier alpha value is -1.28. The Morgan fingerprint density at radius 2 is 2.07 bits per heavy atom. The molecule has 1 amide bonds. The van der Waals surface area contributed by atoms with Gasteiger partial charge in [0.1, 0.15) is 0 Å². The zero-order valence-electron chi connectivity index (χ0n) is 7.36. The Kier molecular flexibility index (Phi) is 2.53. The first kappa shape index (κ1) is 10.2. The van der Waals surface area contributed by atoms with Crippen LogP contribution in [0, 0.1) is 0 Å². The Balaban J connectivity index is 2.36. The van der Waals surface area contributed by atoms with Crippen molar-refractivity contribution in [1.29, 1.82) is 0 Å². The van der Waals surface area contributed by atoms with Crippen LogP contribution in [-0.4, -0.2) is 24.8 Å². The number of hydrogen-bond acceptors (Lipinski definition) is 4. The van der Waals surface area contributed by atoms with Crippen LogP contribution in [-0.2, 0) is 15.6 Å². The monoisotopic (exact) mass is 229 g/mol. The lowest BCUT2D eigenvalue weighted by Gasteiger charge is -2.15. The second-order valence-corrected chi connectivity index (χ2v) is 3.47. The first-order valence-electron chi connectivity index (χ1n) is 4.01.